The Kier molecular flexibility index (Phi) is 2.33. The van der Waals surface area contributed by atoms with Crippen molar-refractivity contribution in [2.45, 2.75) is 19.3 Å². The summed E-state index contributed by atoms with van der Waals surface area (Å²) in [7, 11) is 0. The van der Waals surface area contributed by atoms with Crippen molar-refractivity contribution in [3.05, 3.63) is 35.4 Å². The number of benzene rings is 1. The molecule has 3 N–H and O–H groups in total. The van der Waals surface area contributed by atoms with Gasteiger partial charge in [-0.3, -0.25) is 0 Å². The fourth-order valence-corrected chi connectivity index (χ4v) is 2.17. The lowest BCUT2D eigenvalue weighted by Crippen LogP contribution is -2.21. The highest BCUT2D eigenvalue weighted by atomic mass is 16.3. The van der Waals surface area contributed by atoms with Gasteiger partial charge in [-0.25, -0.2) is 0 Å². The molecular formula is C12H17NO. The predicted molar refractivity (Wildman–Crippen MR) is 57.1 cm³/mol. The molecule has 2 heteroatoms. The van der Waals surface area contributed by atoms with Crippen molar-refractivity contribution in [1.29, 1.82) is 0 Å². The van der Waals surface area contributed by atoms with Gasteiger partial charge < -0.3 is 10.8 Å². The SMILES string of the molecule is Cc1cccc([C@@H]2C[C@@]2(CN)CO)c1. The first-order valence-electron chi connectivity index (χ1n) is 5.09. The van der Waals surface area contributed by atoms with Crippen LogP contribution in [0.1, 0.15) is 23.5 Å². The van der Waals surface area contributed by atoms with E-state index in [9.17, 15) is 5.11 Å². The lowest BCUT2D eigenvalue weighted by Gasteiger charge is -2.11. The van der Waals surface area contributed by atoms with Crippen LogP contribution >= 0.6 is 0 Å². The standard InChI is InChI=1S/C12H17NO/c1-9-3-2-4-10(5-9)11-6-12(11,7-13)8-14/h2-5,11,14H,6-8,13H2,1H3/t11-,12+/m0/s1. The fraction of sp³-hybridized carbons (Fsp3) is 0.500. The van der Waals surface area contributed by atoms with Gasteiger partial charge >= 0.3 is 0 Å². The van der Waals surface area contributed by atoms with Crippen molar-refractivity contribution in [1.82, 2.24) is 0 Å². The van der Waals surface area contributed by atoms with Crippen LogP contribution in [0.5, 0.6) is 0 Å². The van der Waals surface area contributed by atoms with Crippen LogP contribution < -0.4 is 5.73 Å². The number of aliphatic hydroxyl groups is 1. The molecule has 2 atom stereocenters. The third-order valence-corrected chi connectivity index (χ3v) is 3.36. The van der Waals surface area contributed by atoms with Gasteiger partial charge in [-0.05, 0) is 24.8 Å². The molecule has 1 aliphatic carbocycles. The maximum atomic E-state index is 9.28. The predicted octanol–water partition coefficient (Wildman–Crippen LogP) is 1.42. The van der Waals surface area contributed by atoms with Gasteiger partial charge in [0.1, 0.15) is 0 Å². The molecule has 0 saturated heterocycles. The van der Waals surface area contributed by atoms with Crippen molar-refractivity contribution in [2.75, 3.05) is 13.2 Å². The Morgan fingerprint density at radius 1 is 1.57 bits per heavy atom. The molecule has 1 aromatic rings. The Labute approximate surface area is 84.7 Å². The maximum absolute atomic E-state index is 9.28. The quantitative estimate of drug-likeness (QED) is 0.759. The summed E-state index contributed by atoms with van der Waals surface area (Å²) < 4.78 is 0. The minimum atomic E-state index is -0.0200. The monoisotopic (exact) mass is 191 g/mol. The molecule has 0 aromatic heterocycles. The van der Waals surface area contributed by atoms with E-state index in [4.69, 9.17) is 5.73 Å². The third kappa shape index (κ3) is 1.45. The number of rotatable bonds is 3. The lowest BCUT2D eigenvalue weighted by molar-refractivity contribution is 0.211. The second-order valence-electron chi connectivity index (χ2n) is 4.40. The van der Waals surface area contributed by atoms with Gasteiger partial charge in [-0.1, -0.05) is 29.8 Å². The summed E-state index contributed by atoms with van der Waals surface area (Å²) in [5.74, 6) is 0.470. The molecular weight excluding hydrogens is 174 g/mol. The molecule has 2 nitrogen and oxygen atoms in total. The topological polar surface area (TPSA) is 46.2 Å². The van der Waals surface area contributed by atoms with E-state index in [1.165, 1.54) is 11.1 Å². The highest BCUT2D eigenvalue weighted by molar-refractivity contribution is 5.33. The van der Waals surface area contributed by atoms with Crippen molar-refractivity contribution in [3.8, 4) is 0 Å². The smallest absolute Gasteiger partial charge is 0.0505 e. The maximum Gasteiger partial charge on any atom is 0.0505 e. The second-order valence-corrected chi connectivity index (χ2v) is 4.40. The van der Waals surface area contributed by atoms with E-state index in [-0.39, 0.29) is 12.0 Å². The van der Waals surface area contributed by atoms with Crippen LogP contribution in [0.3, 0.4) is 0 Å². The van der Waals surface area contributed by atoms with Crippen molar-refractivity contribution < 1.29 is 5.11 Å². The minimum Gasteiger partial charge on any atom is -0.396 e. The average Bonchev–Trinajstić information content (AvgIpc) is 2.93. The Morgan fingerprint density at radius 2 is 2.36 bits per heavy atom. The molecule has 0 unspecified atom stereocenters. The first kappa shape index (κ1) is 9.69. The summed E-state index contributed by atoms with van der Waals surface area (Å²) >= 11 is 0. The zero-order valence-electron chi connectivity index (χ0n) is 8.53. The lowest BCUT2D eigenvalue weighted by atomic mass is 9.99. The Bertz CT molecular complexity index is 331. The molecule has 2 rings (SSSR count). The van der Waals surface area contributed by atoms with E-state index in [2.05, 4.69) is 31.2 Å². The number of nitrogens with two attached hydrogens (primary N) is 1. The van der Waals surface area contributed by atoms with Gasteiger partial charge in [0.2, 0.25) is 0 Å². The van der Waals surface area contributed by atoms with Gasteiger partial charge in [0, 0.05) is 12.0 Å². The highest BCUT2D eigenvalue weighted by Crippen LogP contribution is 2.58. The number of aliphatic hydroxyl groups excluding tert-OH is 1. The first-order valence-corrected chi connectivity index (χ1v) is 5.09. The number of aryl methyl sites for hydroxylation is 1. The molecule has 0 aliphatic heterocycles. The van der Waals surface area contributed by atoms with Crippen LogP contribution in [0.25, 0.3) is 0 Å². The number of hydrogen-bond acceptors (Lipinski definition) is 2. The third-order valence-electron chi connectivity index (χ3n) is 3.36. The van der Waals surface area contributed by atoms with Crippen molar-refractivity contribution in [2.24, 2.45) is 11.1 Å². The zero-order chi connectivity index (χ0) is 10.2. The molecule has 76 valence electrons. The van der Waals surface area contributed by atoms with Gasteiger partial charge in [0.15, 0.2) is 0 Å². The zero-order valence-corrected chi connectivity index (χ0v) is 8.53. The van der Waals surface area contributed by atoms with Crippen LogP contribution in [-0.4, -0.2) is 18.3 Å². The number of hydrogen-bond donors (Lipinski definition) is 2. The Balaban J connectivity index is 2.19. The van der Waals surface area contributed by atoms with Crippen LogP contribution in [0, 0.1) is 12.3 Å². The Morgan fingerprint density at radius 3 is 2.86 bits per heavy atom. The van der Waals surface area contributed by atoms with E-state index >= 15 is 0 Å². The van der Waals surface area contributed by atoms with E-state index in [0.29, 0.717) is 12.5 Å². The van der Waals surface area contributed by atoms with Gasteiger partial charge in [-0.2, -0.15) is 0 Å². The second kappa shape index (κ2) is 3.37. The highest BCUT2D eigenvalue weighted by Gasteiger charge is 2.53. The summed E-state index contributed by atoms with van der Waals surface area (Å²) in [5, 5.41) is 9.28. The van der Waals surface area contributed by atoms with Gasteiger partial charge in [0.05, 0.1) is 6.61 Å². The molecule has 0 bridgehead atoms. The first-order chi connectivity index (χ1) is 6.72. The molecule has 1 saturated carbocycles. The van der Waals surface area contributed by atoms with Gasteiger partial charge in [0.25, 0.3) is 0 Å². The molecule has 0 amide bonds. The van der Waals surface area contributed by atoms with Crippen molar-refractivity contribution in [3.63, 3.8) is 0 Å². The molecule has 1 aliphatic rings. The molecule has 14 heavy (non-hydrogen) atoms. The summed E-state index contributed by atoms with van der Waals surface area (Å²) in [6.45, 7) is 2.89. The van der Waals surface area contributed by atoms with Crippen LogP contribution in [0.2, 0.25) is 0 Å². The van der Waals surface area contributed by atoms with Gasteiger partial charge in [-0.15, -0.1) is 0 Å². The summed E-state index contributed by atoms with van der Waals surface area (Å²) in [5.41, 5.74) is 8.26. The van der Waals surface area contributed by atoms with Crippen LogP contribution in [0.4, 0.5) is 0 Å². The average molecular weight is 191 g/mol. The largest absolute Gasteiger partial charge is 0.396 e. The summed E-state index contributed by atoms with van der Waals surface area (Å²) in [6, 6.07) is 8.49. The molecule has 0 radical (unpaired) electrons. The van der Waals surface area contributed by atoms with Crippen LogP contribution in [0.15, 0.2) is 24.3 Å². The minimum absolute atomic E-state index is 0.0200. The van der Waals surface area contributed by atoms with E-state index in [0.717, 1.165) is 6.42 Å². The normalized spacial score (nSPS) is 30.4. The molecule has 0 heterocycles. The summed E-state index contributed by atoms with van der Waals surface area (Å²) in [4.78, 5) is 0. The molecule has 1 fully saturated rings. The van der Waals surface area contributed by atoms with E-state index in [1.807, 2.05) is 0 Å². The van der Waals surface area contributed by atoms with E-state index < -0.39 is 0 Å². The van der Waals surface area contributed by atoms with Crippen LogP contribution in [-0.2, 0) is 0 Å². The molecule has 0 spiro atoms. The fourth-order valence-electron chi connectivity index (χ4n) is 2.17. The molecule has 1 aromatic carbocycles. The Hall–Kier alpha value is -0.860. The van der Waals surface area contributed by atoms with E-state index in [1.54, 1.807) is 0 Å². The summed E-state index contributed by atoms with van der Waals surface area (Å²) in [6.07, 6.45) is 1.03. The van der Waals surface area contributed by atoms with Crippen molar-refractivity contribution >= 4 is 0 Å².